The summed E-state index contributed by atoms with van der Waals surface area (Å²) in [7, 11) is 1.53. The van der Waals surface area contributed by atoms with Crippen LogP contribution < -0.4 is 15.5 Å². The lowest BCUT2D eigenvalue weighted by atomic mass is 10.1. The SMILES string of the molecule is COc1cccc(C(=O)N/N=C(/C)c2cccc(NC(=O)c3ccc(Cl)cc3Cl)c2)c1. The van der Waals surface area contributed by atoms with Gasteiger partial charge in [0, 0.05) is 16.3 Å². The third kappa shape index (κ3) is 5.84. The number of halogens is 2. The summed E-state index contributed by atoms with van der Waals surface area (Å²) in [5.41, 5.74) is 5.12. The van der Waals surface area contributed by atoms with Gasteiger partial charge in [0.1, 0.15) is 5.75 Å². The van der Waals surface area contributed by atoms with E-state index >= 15 is 0 Å². The van der Waals surface area contributed by atoms with Crippen LogP contribution in [0, 0.1) is 0 Å². The first-order valence-corrected chi connectivity index (χ1v) is 9.98. The van der Waals surface area contributed by atoms with E-state index in [-0.39, 0.29) is 16.8 Å². The summed E-state index contributed by atoms with van der Waals surface area (Å²) < 4.78 is 5.12. The fourth-order valence-corrected chi connectivity index (χ4v) is 3.22. The van der Waals surface area contributed by atoms with E-state index < -0.39 is 0 Å². The molecule has 31 heavy (non-hydrogen) atoms. The number of hydrogen-bond acceptors (Lipinski definition) is 4. The molecule has 0 spiro atoms. The second kappa shape index (κ2) is 10.1. The number of hydrogen-bond donors (Lipinski definition) is 2. The van der Waals surface area contributed by atoms with Crippen molar-refractivity contribution in [3.05, 3.63) is 93.5 Å². The van der Waals surface area contributed by atoms with Gasteiger partial charge in [-0.25, -0.2) is 5.43 Å². The predicted octanol–water partition coefficient (Wildman–Crippen LogP) is 5.41. The van der Waals surface area contributed by atoms with Crippen LogP contribution in [0.4, 0.5) is 5.69 Å². The smallest absolute Gasteiger partial charge is 0.271 e. The Morgan fingerprint density at radius 2 is 1.65 bits per heavy atom. The van der Waals surface area contributed by atoms with Gasteiger partial charge in [0.2, 0.25) is 0 Å². The molecule has 0 saturated heterocycles. The van der Waals surface area contributed by atoms with Crippen molar-refractivity contribution in [1.29, 1.82) is 0 Å². The molecule has 0 aliphatic carbocycles. The first-order valence-electron chi connectivity index (χ1n) is 9.23. The third-order valence-corrected chi connectivity index (χ3v) is 4.92. The highest BCUT2D eigenvalue weighted by atomic mass is 35.5. The van der Waals surface area contributed by atoms with E-state index in [4.69, 9.17) is 27.9 Å². The van der Waals surface area contributed by atoms with Crippen molar-refractivity contribution in [2.45, 2.75) is 6.92 Å². The van der Waals surface area contributed by atoms with E-state index in [9.17, 15) is 9.59 Å². The summed E-state index contributed by atoms with van der Waals surface area (Å²) >= 11 is 12.0. The largest absolute Gasteiger partial charge is 0.497 e. The minimum absolute atomic E-state index is 0.263. The van der Waals surface area contributed by atoms with Gasteiger partial charge < -0.3 is 10.1 Å². The summed E-state index contributed by atoms with van der Waals surface area (Å²) in [6, 6.07) is 18.5. The molecule has 3 aromatic carbocycles. The second-order valence-electron chi connectivity index (χ2n) is 6.53. The van der Waals surface area contributed by atoms with Crippen LogP contribution >= 0.6 is 23.2 Å². The van der Waals surface area contributed by atoms with Gasteiger partial charge >= 0.3 is 0 Å². The molecule has 0 unspecified atom stereocenters. The van der Waals surface area contributed by atoms with E-state index in [1.165, 1.54) is 13.2 Å². The van der Waals surface area contributed by atoms with Gasteiger partial charge in [-0.05, 0) is 61.0 Å². The Hall–Kier alpha value is -3.35. The number of ether oxygens (including phenoxy) is 1. The Labute approximate surface area is 189 Å². The summed E-state index contributed by atoms with van der Waals surface area (Å²) in [6.45, 7) is 1.75. The van der Waals surface area contributed by atoms with Crippen LogP contribution in [0.1, 0.15) is 33.2 Å². The molecule has 0 bridgehead atoms. The van der Waals surface area contributed by atoms with Crippen LogP contribution in [0.2, 0.25) is 10.0 Å². The Kier molecular flexibility index (Phi) is 7.28. The molecule has 3 aromatic rings. The molecule has 0 aliphatic rings. The summed E-state index contributed by atoms with van der Waals surface area (Å²) in [5.74, 6) is -0.141. The molecule has 0 atom stereocenters. The highest BCUT2D eigenvalue weighted by molar-refractivity contribution is 6.37. The van der Waals surface area contributed by atoms with Gasteiger partial charge in [-0.15, -0.1) is 0 Å². The molecule has 2 N–H and O–H groups in total. The lowest BCUT2D eigenvalue weighted by Crippen LogP contribution is -2.19. The van der Waals surface area contributed by atoms with Gasteiger partial charge in [0.25, 0.3) is 11.8 Å². The lowest BCUT2D eigenvalue weighted by Gasteiger charge is -2.09. The van der Waals surface area contributed by atoms with E-state index in [0.717, 1.165) is 5.56 Å². The Morgan fingerprint density at radius 1 is 0.903 bits per heavy atom. The van der Waals surface area contributed by atoms with Crippen LogP contribution in [0.25, 0.3) is 0 Å². The lowest BCUT2D eigenvalue weighted by molar-refractivity contribution is 0.0953. The van der Waals surface area contributed by atoms with Crippen LogP contribution in [0.3, 0.4) is 0 Å². The average Bonchev–Trinajstić information content (AvgIpc) is 2.77. The first kappa shape index (κ1) is 22.3. The van der Waals surface area contributed by atoms with Crippen molar-refractivity contribution in [2.24, 2.45) is 5.10 Å². The van der Waals surface area contributed by atoms with Crippen LogP contribution in [-0.4, -0.2) is 24.6 Å². The van der Waals surface area contributed by atoms with Crippen molar-refractivity contribution >= 4 is 46.4 Å². The third-order valence-electron chi connectivity index (χ3n) is 4.37. The van der Waals surface area contributed by atoms with E-state index in [1.54, 1.807) is 61.5 Å². The summed E-state index contributed by atoms with van der Waals surface area (Å²) in [5, 5.41) is 7.66. The van der Waals surface area contributed by atoms with Gasteiger partial charge in [-0.1, -0.05) is 41.4 Å². The predicted molar refractivity (Wildman–Crippen MR) is 124 cm³/mol. The number of rotatable bonds is 6. The van der Waals surface area contributed by atoms with Crippen molar-refractivity contribution < 1.29 is 14.3 Å². The highest BCUT2D eigenvalue weighted by Crippen LogP contribution is 2.22. The second-order valence-corrected chi connectivity index (χ2v) is 7.37. The number of carbonyl (C=O) groups excluding carboxylic acids is 2. The van der Waals surface area contributed by atoms with Crippen LogP contribution in [0.15, 0.2) is 71.8 Å². The molecule has 158 valence electrons. The number of amides is 2. The van der Waals surface area contributed by atoms with Crippen molar-refractivity contribution in [1.82, 2.24) is 5.43 Å². The van der Waals surface area contributed by atoms with Gasteiger partial charge in [0.05, 0.1) is 23.4 Å². The molecule has 0 radical (unpaired) electrons. The van der Waals surface area contributed by atoms with Crippen molar-refractivity contribution in [2.75, 3.05) is 12.4 Å². The molecule has 8 heteroatoms. The molecular formula is C23H19Cl2N3O3. The zero-order valence-electron chi connectivity index (χ0n) is 16.8. The number of benzene rings is 3. The van der Waals surface area contributed by atoms with Crippen molar-refractivity contribution in [3.8, 4) is 5.75 Å². The molecule has 0 saturated carbocycles. The molecule has 6 nitrogen and oxygen atoms in total. The minimum Gasteiger partial charge on any atom is -0.497 e. The molecule has 3 rings (SSSR count). The first-order chi connectivity index (χ1) is 14.9. The molecule has 0 aromatic heterocycles. The normalized spacial score (nSPS) is 11.0. The minimum atomic E-state index is -0.361. The quantitative estimate of drug-likeness (QED) is 0.385. The standard InChI is InChI=1S/C23H19Cl2N3O3/c1-14(27-28-22(29)16-6-4-8-19(12-16)31-2)15-5-3-7-18(11-15)26-23(30)20-10-9-17(24)13-21(20)25/h3-13H,1-2H3,(H,26,30)(H,28,29)/b27-14-. The maximum absolute atomic E-state index is 12.5. The van der Waals surface area contributed by atoms with Gasteiger partial charge in [-0.3, -0.25) is 9.59 Å². The average molecular weight is 456 g/mol. The zero-order valence-corrected chi connectivity index (χ0v) is 18.3. The topological polar surface area (TPSA) is 79.8 Å². The maximum atomic E-state index is 12.5. The number of nitrogens with one attached hydrogen (secondary N) is 2. The molecular weight excluding hydrogens is 437 g/mol. The number of methoxy groups -OCH3 is 1. The van der Waals surface area contributed by atoms with Crippen molar-refractivity contribution in [3.63, 3.8) is 0 Å². The fourth-order valence-electron chi connectivity index (χ4n) is 2.72. The summed E-state index contributed by atoms with van der Waals surface area (Å²) in [6.07, 6.45) is 0. The Morgan fingerprint density at radius 3 is 2.39 bits per heavy atom. The number of hydrazone groups is 1. The molecule has 0 heterocycles. The number of anilines is 1. The van der Waals surface area contributed by atoms with E-state index in [0.29, 0.717) is 33.3 Å². The van der Waals surface area contributed by atoms with Crippen LogP contribution in [-0.2, 0) is 0 Å². The van der Waals surface area contributed by atoms with E-state index in [1.807, 2.05) is 6.07 Å². The fraction of sp³-hybridized carbons (Fsp3) is 0.0870. The van der Waals surface area contributed by atoms with Gasteiger partial charge in [0.15, 0.2) is 0 Å². The number of nitrogens with zero attached hydrogens (tertiary/aromatic N) is 1. The molecule has 0 fully saturated rings. The maximum Gasteiger partial charge on any atom is 0.271 e. The molecule has 0 aliphatic heterocycles. The Balaban J connectivity index is 1.71. The van der Waals surface area contributed by atoms with Crippen LogP contribution in [0.5, 0.6) is 5.75 Å². The summed E-state index contributed by atoms with van der Waals surface area (Å²) in [4.78, 5) is 24.8. The highest BCUT2D eigenvalue weighted by Gasteiger charge is 2.12. The van der Waals surface area contributed by atoms with Gasteiger partial charge in [-0.2, -0.15) is 5.10 Å². The zero-order chi connectivity index (χ0) is 22.4. The Bertz CT molecular complexity index is 1160. The number of carbonyl (C=O) groups is 2. The van der Waals surface area contributed by atoms with E-state index in [2.05, 4.69) is 15.8 Å². The monoisotopic (exact) mass is 455 g/mol. The molecule has 2 amide bonds.